The van der Waals surface area contributed by atoms with Crippen molar-refractivity contribution in [2.45, 2.75) is 37.7 Å². The number of benzene rings is 1. The molecule has 3 amide bonds. The van der Waals surface area contributed by atoms with Gasteiger partial charge in [0.15, 0.2) is 5.13 Å². The second kappa shape index (κ2) is 10.4. The van der Waals surface area contributed by atoms with E-state index in [9.17, 15) is 19.6 Å². The topological polar surface area (TPSA) is 134 Å². The van der Waals surface area contributed by atoms with Crippen LogP contribution >= 0.6 is 11.3 Å². The summed E-state index contributed by atoms with van der Waals surface area (Å²) in [6, 6.07) is 7.40. The summed E-state index contributed by atoms with van der Waals surface area (Å²) in [5, 5.41) is 17.2. The maximum absolute atomic E-state index is 12.6. The minimum atomic E-state index is -0.823. The number of nitriles is 1. The molecule has 2 atom stereocenters. The lowest BCUT2D eigenvalue weighted by atomic mass is 9.79. The van der Waals surface area contributed by atoms with Crippen molar-refractivity contribution in [3.8, 4) is 6.07 Å². The van der Waals surface area contributed by atoms with Crippen LogP contribution in [0.25, 0.3) is 0 Å². The first-order valence-electron chi connectivity index (χ1n) is 11.3. The van der Waals surface area contributed by atoms with Crippen molar-refractivity contribution in [2.24, 2.45) is 0 Å². The van der Waals surface area contributed by atoms with Crippen LogP contribution in [0.4, 0.5) is 9.93 Å². The van der Waals surface area contributed by atoms with Crippen LogP contribution in [-0.4, -0.2) is 61.1 Å². The number of amides is 3. The number of hydrogen-bond donors (Lipinski definition) is 2. The molecule has 3 heterocycles. The predicted octanol–water partition coefficient (Wildman–Crippen LogP) is 2.77. The van der Waals surface area contributed by atoms with E-state index in [0.29, 0.717) is 30.4 Å². The third kappa shape index (κ3) is 5.44. The first-order chi connectivity index (χ1) is 16.8. The summed E-state index contributed by atoms with van der Waals surface area (Å²) in [5.74, 6) is -0.718. The Labute approximate surface area is 207 Å². The summed E-state index contributed by atoms with van der Waals surface area (Å²) in [5.41, 5.74) is 2.02. The van der Waals surface area contributed by atoms with E-state index in [0.717, 1.165) is 29.7 Å². The van der Waals surface area contributed by atoms with Crippen molar-refractivity contribution in [1.82, 2.24) is 15.2 Å². The van der Waals surface area contributed by atoms with Crippen molar-refractivity contribution < 1.29 is 23.9 Å². The highest BCUT2D eigenvalue weighted by Gasteiger charge is 2.33. The van der Waals surface area contributed by atoms with Crippen molar-refractivity contribution in [2.75, 3.05) is 38.7 Å². The van der Waals surface area contributed by atoms with Gasteiger partial charge in [0.05, 0.1) is 38.6 Å². The van der Waals surface area contributed by atoms with Gasteiger partial charge < -0.3 is 25.0 Å². The van der Waals surface area contributed by atoms with E-state index < -0.39 is 17.2 Å². The van der Waals surface area contributed by atoms with Crippen LogP contribution in [0.5, 0.6) is 0 Å². The molecule has 11 heteroatoms. The second-order valence-corrected chi connectivity index (χ2v) is 9.73. The van der Waals surface area contributed by atoms with Gasteiger partial charge in [-0.1, -0.05) is 6.07 Å². The standard InChI is InChI=1S/C24H27N5O5S/c1-24(13-25)14-34-11-17-6-5-15(8-18(17)24)21(31)26-9-20(30)28-22-27-19(12-35-22)16-4-3-7-29(10-16)23(32)33-2/h5-6,8,12,16H,3-4,7,9-11,14H2,1-2H3,(H,26,31)(H,27,28,30)/t16-,24+/m0/s1. The highest BCUT2D eigenvalue weighted by atomic mass is 32.1. The number of rotatable bonds is 5. The van der Waals surface area contributed by atoms with Crippen LogP contribution in [0.1, 0.15) is 52.9 Å². The summed E-state index contributed by atoms with van der Waals surface area (Å²) < 4.78 is 10.3. The summed E-state index contributed by atoms with van der Waals surface area (Å²) in [4.78, 5) is 43.0. The Morgan fingerprint density at radius 2 is 2.23 bits per heavy atom. The number of piperidine rings is 1. The molecule has 0 aliphatic carbocycles. The number of nitrogens with zero attached hydrogens (tertiary/aromatic N) is 3. The van der Waals surface area contributed by atoms with Gasteiger partial charge >= 0.3 is 6.09 Å². The lowest BCUT2D eigenvalue weighted by molar-refractivity contribution is -0.115. The maximum atomic E-state index is 12.6. The number of carbonyl (C=O) groups excluding carboxylic acids is 3. The van der Waals surface area contributed by atoms with Gasteiger partial charge in [-0.25, -0.2) is 9.78 Å². The molecule has 1 fully saturated rings. The lowest BCUT2D eigenvalue weighted by Crippen LogP contribution is -2.39. The number of hydrogen-bond acceptors (Lipinski definition) is 8. The molecule has 4 rings (SSSR count). The van der Waals surface area contributed by atoms with E-state index in [4.69, 9.17) is 9.47 Å². The van der Waals surface area contributed by atoms with Crippen molar-refractivity contribution >= 4 is 34.4 Å². The SMILES string of the molecule is COC(=O)N1CCC[C@H](c2csc(NC(=O)CNC(=O)c3ccc4c(c3)[C@](C)(C#N)COC4)n2)C1. The Morgan fingerprint density at radius 3 is 3.00 bits per heavy atom. The molecular weight excluding hydrogens is 470 g/mol. The van der Waals surface area contributed by atoms with Gasteiger partial charge in [0.1, 0.15) is 5.41 Å². The molecular formula is C24H27N5O5S. The van der Waals surface area contributed by atoms with E-state index in [1.54, 1.807) is 30.0 Å². The van der Waals surface area contributed by atoms with Gasteiger partial charge in [-0.05, 0) is 43.0 Å². The fourth-order valence-electron chi connectivity index (χ4n) is 4.36. The molecule has 1 aromatic carbocycles. The van der Waals surface area contributed by atoms with Gasteiger partial charge in [0, 0.05) is 30.0 Å². The Morgan fingerprint density at radius 1 is 1.40 bits per heavy atom. The predicted molar refractivity (Wildman–Crippen MR) is 128 cm³/mol. The van der Waals surface area contributed by atoms with Crippen LogP contribution in [0.3, 0.4) is 0 Å². The number of thiazole rings is 1. The molecule has 10 nitrogen and oxygen atoms in total. The summed E-state index contributed by atoms with van der Waals surface area (Å²) in [6.07, 6.45) is 1.41. The third-order valence-corrected chi connectivity index (χ3v) is 7.09. The molecule has 0 radical (unpaired) electrons. The highest BCUT2D eigenvalue weighted by Crippen LogP contribution is 2.33. The number of nitrogens with one attached hydrogen (secondary N) is 2. The van der Waals surface area contributed by atoms with E-state index in [2.05, 4.69) is 21.7 Å². The number of methoxy groups -OCH3 is 1. The van der Waals surface area contributed by atoms with E-state index in [-0.39, 0.29) is 25.2 Å². The molecule has 1 saturated heterocycles. The lowest BCUT2D eigenvalue weighted by Gasteiger charge is -2.30. The number of likely N-dealkylation sites (tertiary alicyclic amines) is 1. The first-order valence-corrected chi connectivity index (χ1v) is 12.2. The van der Waals surface area contributed by atoms with E-state index in [1.165, 1.54) is 18.4 Å². The molecule has 184 valence electrons. The quantitative estimate of drug-likeness (QED) is 0.649. The third-order valence-electron chi connectivity index (χ3n) is 6.31. The number of ether oxygens (including phenoxy) is 2. The largest absolute Gasteiger partial charge is 0.453 e. The average Bonchev–Trinajstić information content (AvgIpc) is 3.35. The molecule has 0 unspecified atom stereocenters. The number of aromatic nitrogens is 1. The van der Waals surface area contributed by atoms with Crippen molar-refractivity contribution in [3.63, 3.8) is 0 Å². The van der Waals surface area contributed by atoms with Crippen LogP contribution in [-0.2, 0) is 26.3 Å². The minimum Gasteiger partial charge on any atom is -0.453 e. The Kier molecular flexibility index (Phi) is 7.33. The molecule has 2 aliphatic rings. The van der Waals surface area contributed by atoms with Crippen LogP contribution in [0, 0.1) is 11.3 Å². The van der Waals surface area contributed by atoms with Crippen molar-refractivity contribution in [1.29, 1.82) is 5.26 Å². The fourth-order valence-corrected chi connectivity index (χ4v) is 5.17. The van der Waals surface area contributed by atoms with E-state index in [1.807, 2.05) is 5.38 Å². The summed E-state index contributed by atoms with van der Waals surface area (Å²) >= 11 is 1.30. The molecule has 0 saturated carbocycles. The maximum Gasteiger partial charge on any atom is 0.409 e. The highest BCUT2D eigenvalue weighted by molar-refractivity contribution is 7.13. The van der Waals surface area contributed by atoms with Crippen molar-refractivity contribution in [3.05, 3.63) is 46.0 Å². The fraction of sp³-hybridized carbons (Fsp3) is 0.458. The Hall–Kier alpha value is -3.49. The molecule has 0 spiro atoms. The number of fused-ring (bicyclic) bond motifs is 1. The summed E-state index contributed by atoms with van der Waals surface area (Å²) in [6.45, 7) is 3.41. The van der Waals surface area contributed by atoms with Gasteiger partial charge in [-0.2, -0.15) is 5.26 Å². The number of carbonyl (C=O) groups is 3. The zero-order valence-electron chi connectivity index (χ0n) is 19.6. The Bertz CT molecular complexity index is 1180. The van der Waals surface area contributed by atoms with Crippen LogP contribution < -0.4 is 10.6 Å². The van der Waals surface area contributed by atoms with Crippen LogP contribution in [0.2, 0.25) is 0 Å². The van der Waals surface area contributed by atoms with Gasteiger partial charge in [0.2, 0.25) is 5.91 Å². The van der Waals surface area contributed by atoms with E-state index >= 15 is 0 Å². The zero-order chi connectivity index (χ0) is 25.0. The molecule has 1 aromatic heterocycles. The minimum absolute atomic E-state index is 0.0814. The van der Waals surface area contributed by atoms with Gasteiger partial charge in [0.25, 0.3) is 5.91 Å². The normalized spacial score (nSPS) is 21.4. The van der Waals surface area contributed by atoms with Gasteiger partial charge in [-0.15, -0.1) is 11.3 Å². The molecule has 35 heavy (non-hydrogen) atoms. The molecule has 0 bridgehead atoms. The monoisotopic (exact) mass is 497 g/mol. The summed E-state index contributed by atoms with van der Waals surface area (Å²) in [7, 11) is 1.37. The van der Waals surface area contributed by atoms with Gasteiger partial charge in [-0.3, -0.25) is 9.59 Å². The smallest absolute Gasteiger partial charge is 0.409 e. The first kappa shape index (κ1) is 24.6. The Balaban J connectivity index is 1.32. The molecule has 2 N–H and O–H groups in total. The number of anilines is 1. The molecule has 2 aromatic rings. The molecule has 2 aliphatic heterocycles. The average molecular weight is 498 g/mol. The second-order valence-electron chi connectivity index (χ2n) is 8.87. The zero-order valence-corrected chi connectivity index (χ0v) is 20.4. The van der Waals surface area contributed by atoms with Crippen LogP contribution in [0.15, 0.2) is 23.6 Å².